The van der Waals surface area contributed by atoms with Gasteiger partial charge in [-0.1, -0.05) is 45.0 Å². The molecule has 0 aliphatic rings. The lowest BCUT2D eigenvalue weighted by Gasteiger charge is -2.22. The lowest BCUT2D eigenvalue weighted by molar-refractivity contribution is -0.122. The molecule has 1 amide bonds. The first-order chi connectivity index (χ1) is 11.6. The Morgan fingerprint density at radius 3 is 2.32 bits per heavy atom. The maximum absolute atomic E-state index is 12.1. The molecule has 2 aromatic rings. The van der Waals surface area contributed by atoms with Crippen molar-refractivity contribution >= 4 is 5.91 Å². The molecule has 0 aliphatic carbocycles. The highest BCUT2D eigenvalue weighted by Crippen LogP contribution is 2.22. The highest BCUT2D eigenvalue weighted by atomic mass is 16.3. The van der Waals surface area contributed by atoms with Crippen LogP contribution in [0.4, 0.5) is 0 Å². The van der Waals surface area contributed by atoms with Gasteiger partial charge in [0, 0.05) is 25.2 Å². The van der Waals surface area contributed by atoms with Gasteiger partial charge < -0.3 is 10.4 Å². The Morgan fingerprint density at radius 1 is 1.16 bits per heavy atom. The highest BCUT2D eigenvalue weighted by Gasteiger charge is 2.25. The Labute approximate surface area is 150 Å². The number of aromatic nitrogens is 2. The summed E-state index contributed by atoms with van der Waals surface area (Å²) in [5, 5.41) is 17.3. The number of hydrogen-bond acceptors (Lipinski definition) is 3. The van der Waals surface area contributed by atoms with Crippen molar-refractivity contribution in [3.63, 3.8) is 0 Å². The van der Waals surface area contributed by atoms with Gasteiger partial charge in [0.15, 0.2) is 0 Å². The molecule has 1 heterocycles. The molecule has 2 rings (SSSR count). The maximum atomic E-state index is 12.1. The van der Waals surface area contributed by atoms with Crippen molar-refractivity contribution in [2.24, 2.45) is 7.05 Å². The van der Waals surface area contributed by atoms with E-state index in [1.54, 1.807) is 31.0 Å². The van der Waals surface area contributed by atoms with Crippen molar-refractivity contribution in [2.45, 2.75) is 51.6 Å². The SMILES string of the molecule is Cn1cc(C(C)(O)CNC(=O)CCc2ccc(C(C)(C)C)cc2)cn1. The fourth-order valence-electron chi connectivity index (χ4n) is 2.59. The van der Waals surface area contributed by atoms with Gasteiger partial charge in [-0.15, -0.1) is 0 Å². The van der Waals surface area contributed by atoms with Gasteiger partial charge in [0.05, 0.1) is 12.7 Å². The van der Waals surface area contributed by atoms with Crippen LogP contribution in [0.15, 0.2) is 36.7 Å². The van der Waals surface area contributed by atoms with Crippen molar-refractivity contribution < 1.29 is 9.90 Å². The number of carbonyl (C=O) groups is 1. The molecule has 5 nitrogen and oxygen atoms in total. The first-order valence-corrected chi connectivity index (χ1v) is 8.65. The van der Waals surface area contributed by atoms with Crippen molar-refractivity contribution in [2.75, 3.05) is 6.54 Å². The molecule has 0 spiro atoms. The van der Waals surface area contributed by atoms with Crippen LogP contribution in [0, 0.1) is 0 Å². The summed E-state index contributed by atoms with van der Waals surface area (Å²) in [4.78, 5) is 12.1. The van der Waals surface area contributed by atoms with E-state index >= 15 is 0 Å². The van der Waals surface area contributed by atoms with Crippen molar-refractivity contribution in [1.29, 1.82) is 0 Å². The van der Waals surface area contributed by atoms with E-state index in [-0.39, 0.29) is 17.9 Å². The second-order valence-corrected chi connectivity index (χ2v) is 7.90. The number of hydrogen-bond donors (Lipinski definition) is 2. The molecule has 1 aromatic carbocycles. The van der Waals surface area contributed by atoms with Crippen LogP contribution in [0.3, 0.4) is 0 Å². The van der Waals surface area contributed by atoms with Crippen LogP contribution in [0.1, 0.15) is 50.8 Å². The van der Waals surface area contributed by atoms with Crippen LogP contribution in [0.5, 0.6) is 0 Å². The molecule has 1 atom stereocenters. The van der Waals surface area contributed by atoms with Gasteiger partial charge in [0.1, 0.15) is 5.60 Å². The summed E-state index contributed by atoms with van der Waals surface area (Å²) in [5.74, 6) is -0.0657. The molecule has 25 heavy (non-hydrogen) atoms. The van der Waals surface area contributed by atoms with E-state index in [0.29, 0.717) is 18.4 Å². The molecule has 0 saturated heterocycles. The molecule has 5 heteroatoms. The van der Waals surface area contributed by atoms with Gasteiger partial charge in [-0.3, -0.25) is 9.48 Å². The van der Waals surface area contributed by atoms with Crippen LogP contribution >= 0.6 is 0 Å². The minimum atomic E-state index is -1.13. The molecule has 1 aromatic heterocycles. The summed E-state index contributed by atoms with van der Waals surface area (Å²) in [6.07, 6.45) is 4.45. The summed E-state index contributed by atoms with van der Waals surface area (Å²) in [5.41, 5.74) is 2.12. The molecule has 1 unspecified atom stereocenters. The summed E-state index contributed by atoms with van der Waals surface area (Å²) in [6.45, 7) is 8.40. The number of benzene rings is 1. The number of nitrogens with one attached hydrogen (secondary N) is 1. The predicted molar refractivity (Wildman–Crippen MR) is 99.3 cm³/mol. The Kier molecular flexibility index (Phi) is 5.68. The molecule has 0 aliphatic heterocycles. The van der Waals surface area contributed by atoms with Crippen LogP contribution in [-0.4, -0.2) is 27.3 Å². The summed E-state index contributed by atoms with van der Waals surface area (Å²) in [7, 11) is 1.79. The van der Waals surface area contributed by atoms with E-state index in [1.807, 2.05) is 0 Å². The number of rotatable bonds is 6. The largest absolute Gasteiger partial charge is 0.383 e. The Balaban J connectivity index is 1.82. The first kappa shape index (κ1) is 19.2. The number of aryl methyl sites for hydroxylation is 2. The third kappa shape index (κ3) is 5.43. The minimum Gasteiger partial charge on any atom is -0.383 e. The van der Waals surface area contributed by atoms with Crippen molar-refractivity contribution in [3.8, 4) is 0 Å². The third-order valence-electron chi connectivity index (χ3n) is 4.42. The summed E-state index contributed by atoms with van der Waals surface area (Å²) in [6, 6.07) is 8.42. The maximum Gasteiger partial charge on any atom is 0.220 e. The molecule has 0 bridgehead atoms. The van der Waals surface area contributed by atoms with Crippen LogP contribution < -0.4 is 5.32 Å². The van der Waals surface area contributed by atoms with Gasteiger partial charge in [-0.2, -0.15) is 5.10 Å². The van der Waals surface area contributed by atoms with E-state index < -0.39 is 5.60 Å². The van der Waals surface area contributed by atoms with Crippen molar-refractivity contribution in [3.05, 3.63) is 53.3 Å². The summed E-state index contributed by atoms with van der Waals surface area (Å²) >= 11 is 0. The lowest BCUT2D eigenvalue weighted by Crippen LogP contribution is -2.38. The van der Waals surface area contributed by atoms with Gasteiger partial charge in [-0.05, 0) is 29.9 Å². The van der Waals surface area contributed by atoms with Crippen LogP contribution in [0.2, 0.25) is 0 Å². The second kappa shape index (κ2) is 7.40. The highest BCUT2D eigenvalue weighted by molar-refractivity contribution is 5.76. The van der Waals surface area contributed by atoms with Crippen LogP contribution in [-0.2, 0) is 29.3 Å². The van der Waals surface area contributed by atoms with E-state index in [2.05, 4.69) is 55.5 Å². The quantitative estimate of drug-likeness (QED) is 0.847. The molecule has 2 N–H and O–H groups in total. The van der Waals surface area contributed by atoms with E-state index in [9.17, 15) is 9.90 Å². The predicted octanol–water partition coefficient (Wildman–Crippen LogP) is 2.67. The Bertz CT molecular complexity index is 709. The topological polar surface area (TPSA) is 67.2 Å². The van der Waals surface area contributed by atoms with E-state index in [4.69, 9.17) is 0 Å². The first-order valence-electron chi connectivity index (χ1n) is 8.65. The number of nitrogens with zero attached hydrogens (tertiary/aromatic N) is 2. The lowest BCUT2D eigenvalue weighted by atomic mass is 9.86. The third-order valence-corrected chi connectivity index (χ3v) is 4.42. The standard InChI is InChI=1S/C20H29N3O2/c1-19(2,3)16-9-6-15(7-10-16)8-11-18(24)21-14-20(4,25)17-12-22-23(5)13-17/h6-7,9-10,12-13,25H,8,11,14H2,1-5H3,(H,21,24). The number of aliphatic hydroxyl groups is 1. The summed E-state index contributed by atoms with van der Waals surface area (Å²) < 4.78 is 1.63. The van der Waals surface area contributed by atoms with Gasteiger partial charge >= 0.3 is 0 Å². The number of amides is 1. The molecule has 136 valence electrons. The second-order valence-electron chi connectivity index (χ2n) is 7.90. The normalized spacial score (nSPS) is 14.2. The fraction of sp³-hybridized carbons (Fsp3) is 0.500. The monoisotopic (exact) mass is 343 g/mol. The van der Waals surface area contributed by atoms with E-state index in [1.165, 1.54) is 5.56 Å². The average molecular weight is 343 g/mol. The Hall–Kier alpha value is -2.14. The zero-order valence-corrected chi connectivity index (χ0v) is 15.8. The number of carbonyl (C=O) groups excluding carboxylic acids is 1. The zero-order chi connectivity index (χ0) is 18.7. The van der Waals surface area contributed by atoms with Crippen LogP contribution in [0.25, 0.3) is 0 Å². The van der Waals surface area contributed by atoms with E-state index in [0.717, 1.165) is 5.56 Å². The Morgan fingerprint density at radius 2 is 1.80 bits per heavy atom. The van der Waals surface area contributed by atoms with Gasteiger partial charge in [-0.25, -0.2) is 0 Å². The van der Waals surface area contributed by atoms with Crippen molar-refractivity contribution in [1.82, 2.24) is 15.1 Å². The molecule has 0 radical (unpaired) electrons. The molecule has 0 saturated carbocycles. The minimum absolute atomic E-state index is 0.0657. The molecular weight excluding hydrogens is 314 g/mol. The van der Waals surface area contributed by atoms with Gasteiger partial charge in [0.25, 0.3) is 0 Å². The molecule has 0 fully saturated rings. The average Bonchev–Trinajstić information content (AvgIpc) is 2.98. The molecular formula is C20H29N3O2. The fourth-order valence-corrected chi connectivity index (χ4v) is 2.59. The smallest absolute Gasteiger partial charge is 0.220 e. The zero-order valence-electron chi connectivity index (χ0n) is 15.8. The van der Waals surface area contributed by atoms with Gasteiger partial charge in [0.2, 0.25) is 5.91 Å².